The predicted molar refractivity (Wildman–Crippen MR) is 165 cm³/mol. The zero-order chi connectivity index (χ0) is 29.0. The molecule has 0 spiro atoms. The van der Waals surface area contributed by atoms with Crippen molar-refractivity contribution in [2.45, 2.75) is 154 Å². The van der Waals surface area contributed by atoms with Crippen molar-refractivity contribution >= 4 is 16.0 Å². The lowest BCUT2D eigenvalue weighted by atomic mass is 10.0. The first-order chi connectivity index (χ1) is 18.8. The minimum absolute atomic E-state index is 0.278. The highest BCUT2D eigenvalue weighted by Gasteiger charge is 2.25. The monoisotopic (exact) mass is 569 g/mol. The molecule has 1 amide bonds. The molecular weight excluding hydrogens is 510 g/mol. The molecular formula is C32H59NO5S. The van der Waals surface area contributed by atoms with Crippen LogP contribution < -0.4 is 5.32 Å². The quantitative estimate of drug-likeness (QED) is 0.0525. The van der Waals surface area contributed by atoms with E-state index in [1.807, 2.05) is 0 Å². The van der Waals surface area contributed by atoms with E-state index in [1.165, 1.54) is 51.4 Å². The summed E-state index contributed by atoms with van der Waals surface area (Å²) in [5, 5.41) is 13.2. The van der Waals surface area contributed by atoms with E-state index in [4.69, 9.17) is 0 Å². The Hall–Kier alpha value is -1.44. The Morgan fingerprint density at radius 3 is 1.79 bits per heavy atom. The summed E-state index contributed by atoms with van der Waals surface area (Å²) in [7, 11) is -4.31. The van der Waals surface area contributed by atoms with Gasteiger partial charge in [0.1, 0.15) is 0 Å². The Morgan fingerprint density at radius 1 is 0.718 bits per heavy atom. The van der Waals surface area contributed by atoms with Gasteiger partial charge in [0.05, 0.1) is 17.9 Å². The van der Waals surface area contributed by atoms with Gasteiger partial charge in [0.15, 0.2) is 0 Å². The molecule has 6 nitrogen and oxygen atoms in total. The summed E-state index contributed by atoms with van der Waals surface area (Å²) >= 11 is 0. The number of aliphatic hydroxyl groups excluding tert-OH is 1. The molecule has 3 N–H and O–H groups in total. The van der Waals surface area contributed by atoms with Crippen LogP contribution in [0.15, 0.2) is 36.5 Å². The van der Waals surface area contributed by atoms with E-state index < -0.39 is 28.0 Å². The van der Waals surface area contributed by atoms with Crippen molar-refractivity contribution < 1.29 is 22.9 Å². The van der Waals surface area contributed by atoms with Crippen LogP contribution in [0.3, 0.4) is 0 Å². The maximum Gasteiger partial charge on any atom is 0.266 e. The molecule has 2 unspecified atom stereocenters. The van der Waals surface area contributed by atoms with Gasteiger partial charge in [-0.2, -0.15) is 8.42 Å². The zero-order valence-electron chi connectivity index (χ0n) is 25.0. The number of amides is 1. The summed E-state index contributed by atoms with van der Waals surface area (Å²) in [6.45, 7) is 4.36. The summed E-state index contributed by atoms with van der Waals surface area (Å²) in [6.07, 6.45) is 32.3. The average Bonchev–Trinajstić information content (AvgIpc) is 2.88. The van der Waals surface area contributed by atoms with Crippen LogP contribution in [-0.4, -0.2) is 41.9 Å². The summed E-state index contributed by atoms with van der Waals surface area (Å²) in [5.41, 5.74) is 0. The standard InChI is InChI=1S/C32H59NO5S/c1-3-5-7-9-11-13-15-16-18-20-22-24-26-28-32(35)33-30(29-39(36,37)38)31(34)27-25-23-21-19-17-14-12-10-8-6-4-2/h5,7,11,13,16,18,30-31,34H,3-4,6,8-10,12,14-15,17,19-29H2,1-2H3,(H,33,35)(H,36,37,38)/b7-5-,13-11-,18-16-. The Kier molecular flexibility index (Phi) is 25.8. The van der Waals surface area contributed by atoms with Gasteiger partial charge in [-0.3, -0.25) is 9.35 Å². The maximum atomic E-state index is 12.4. The van der Waals surface area contributed by atoms with Crippen LogP contribution in [0.1, 0.15) is 142 Å². The van der Waals surface area contributed by atoms with Crippen molar-refractivity contribution in [1.82, 2.24) is 5.32 Å². The average molecular weight is 570 g/mol. The van der Waals surface area contributed by atoms with Crippen LogP contribution >= 0.6 is 0 Å². The molecule has 0 radical (unpaired) electrons. The molecule has 2 atom stereocenters. The number of hydrogen-bond acceptors (Lipinski definition) is 4. The highest BCUT2D eigenvalue weighted by Crippen LogP contribution is 2.14. The summed E-state index contributed by atoms with van der Waals surface area (Å²) in [6, 6.07) is -0.982. The molecule has 228 valence electrons. The van der Waals surface area contributed by atoms with Gasteiger partial charge in [0.2, 0.25) is 5.91 Å². The van der Waals surface area contributed by atoms with Gasteiger partial charge in [-0.1, -0.05) is 127 Å². The molecule has 0 aliphatic heterocycles. The molecule has 0 heterocycles. The summed E-state index contributed by atoms with van der Waals surface area (Å²) < 4.78 is 32.2. The lowest BCUT2D eigenvalue weighted by molar-refractivity contribution is -0.122. The van der Waals surface area contributed by atoms with Crippen molar-refractivity contribution in [1.29, 1.82) is 0 Å². The fourth-order valence-corrected chi connectivity index (χ4v) is 5.28. The van der Waals surface area contributed by atoms with Crippen molar-refractivity contribution in [3.63, 3.8) is 0 Å². The number of unbranched alkanes of at least 4 members (excludes halogenated alkanes) is 13. The van der Waals surface area contributed by atoms with Crippen molar-refractivity contribution in [3.05, 3.63) is 36.5 Å². The molecule has 0 aliphatic carbocycles. The largest absolute Gasteiger partial charge is 0.391 e. The van der Waals surface area contributed by atoms with Crippen LogP contribution in [0, 0.1) is 0 Å². The molecule has 0 rings (SSSR count). The third-order valence-corrected chi connectivity index (χ3v) is 7.64. The van der Waals surface area contributed by atoms with Gasteiger partial charge in [-0.15, -0.1) is 0 Å². The SMILES string of the molecule is CC/C=C\C/C=C\C/C=C\CCCCCC(=O)NC(CS(=O)(=O)O)C(O)CCCCCCCCCCCCC. The second kappa shape index (κ2) is 26.8. The normalized spacial score (nSPS) is 14.1. The molecule has 0 aromatic carbocycles. The topological polar surface area (TPSA) is 104 Å². The van der Waals surface area contributed by atoms with E-state index in [-0.39, 0.29) is 12.3 Å². The van der Waals surface area contributed by atoms with Gasteiger partial charge in [-0.25, -0.2) is 0 Å². The van der Waals surface area contributed by atoms with E-state index in [1.54, 1.807) is 0 Å². The highest BCUT2D eigenvalue weighted by atomic mass is 32.2. The molecule has 39 heavy (non-hydrogen) atoms. The van der Waals surface area contributed by atoms with E-state index in [0.29, 0.717) is 12.8 Å². The molecule has 7 heteroatoms. The smallest absolute Gasteiger partial charge is 0.266 e. The number of rotatable bonds is 27. The molecule has 0 bridgehead atoms. The van der Waals surface area contributed by atoms with E-state index in [9.17, 15) is 22.9 Å². The number of carbonyl (C=O) groups is 1. The minimum Gasteiger partial charge on any atom is -0.391 e. The van der Waals surface area contributed by atoms with Crippen LogP contribution in [0.5, 0.6) is 0 Å². The van der Waals surface area contributed by atoms with Crippen LogP contribution in [0.2, 0.25) is 0 Å². The van der Waals surface area contributed by atoms with Gasteiger partial charge < -0.3 is 10.4 Å². The lowest BCUT2D eigenvalue weighted by Crippen LogP contribution is -2.47. The first-order valence-corrected chi connectivity index (χ1v) is 17.3. The Labute approximate surface area is 240 Å². The maximum absolute atomic E-state index is 12.4. The summed E-state index contributed by atoms with van der Waals surface area (Å²) in [4.78, 5) is 12.4. The fraction of sp³-hybridized carbons (Fsp3) is 0.781. The summed E-state index contributed by atoms with van der Waals surface area (Å²) in [5.74, 6) is -0.939. The Bertz CT molecular complexity index is 761. The number of carbonyl (C=O) groups excluding carboxylic acids is 1. The number of allylic oxidation sites excluding steroid dienone is 6. The fourth-order valence-electron chi connectivity index (χ4n) is 4.52. The second-order valence-electron chi connectivity index (χ2n) is 10.7. The van der Waals surface area contributed by atoms with Crippen molar-refractivity contribution in [3.8, 4) is 0 Å². The molecule has 0 aromatic rings. The van der Waals surface area contributed by atoms with E-state index in [2.05, 4.69) is 55.6 Å². The number of nitrogens with one attached hydrogen (secondary N) is 1. The first kappa shape index (κ1) is 37.6. The Balaban J connectivity index is 4.08. The second-order valence-corrected chi connectivity index (χ2v) is 12.2. The van der Waals surface area contributed by atoms with Gasteiger partial charge in [0, 0.05) is 6.42 Å². The van der Waals surface area contributed by atoms with Crippen molar-refractivity contribution in [2.24, 2.45) is 0 Å². The highest BCUT2D eigenvalue weighted by molar-refractivity contribution is 7.85. The van der Waals surface area contributed by atoms with E-state index in [0.717, 1.165) is 57.8 Å². The first-order valence-electron chi connectivity index (χ1n) is 15.7. The molecule has 0 fully saturated rings. The molecule has 0 saturated heterocycles. The molecule has 0 saturated carbocycles. The predicted octanol–water partition coefficient (Wildman–Crippen LogP) is 8.23. The van der Waals surface area contributed by atoms with Gasteiger partial charge >= 0.3 is 0 Å². The van der Waals surface area contributed by atoms with Crippen molar-refractivity contribution in [2.75, 3.05) is 5.75 Å². The number of hydrogen-bond donors (Lipinski definition) is 3. The zero-order valence-corrected chi connectivity index (χ0v) is 25.8. The lowest BCUT2D eigenvalue weighted by Gasteiger charge is -2.23. The van der Waals surface area contributed by atoms with Gasteiger partial charge in [0.25, 0.3) is 10.1 Å². The third kappa shape index (κ3) is 27.9. The van der Waals surface area contributed by atoms with Crippen LogP contribution in [0.4, 0.5) is 0 Å². The molecule has 0 aliphatic rings. The molecule has 0 aromatic heterocycles. The third-order valence-electron chi connectivity index (χ3n) is 6.86. The Morgan fingerprint density at radius 2 is 1.23 bits per heavy atom. The number of aliphatic hydroxyl groups is 1. The van der Waals surface area contributed by atoms with Gasteiger partial charge in [-0.05, 0) is 44.9 Å². The minimum atomic E-state index is -4.31. The van der Waals surface area contributed by atoms with Crippen LogP contribution in [-0.2, 0) is 14.9 Å². The van der Waals surface area contributed by atoms with Crippen LogP contribution in [0.25, 0.3) is 0 Å². The van der Waals surface area contributed by atoms with E-state index >= 15 is 0 Å².